The number of rotatable bonds is 9. The van der Waals surface area contributed by atoms with Crippen molar-refractivity contribution in [3.8, 4) is 5.75 Å². The third kappa shape index (κ3) is 7.39. The molecule has 0 amide bonds. The van der Waals surface area contributed by atoms with E-state index in [0.717, 1.165) is 64.2 Å². The normalized spacial score (nSPS) is 28.0. The molecule has 3 aliphatic carbocycles. The Kier molecular flexibility index (Phi) is 10.7. The molecule has 3 saturated carbocycles. The van der Waals surface area contributed by atoms with Crippen molar-refractivity contribution in [2.24, 2.45) is 17.8 Å². The standard InChI is InChI=1S/C36H46F4O3/c1-3-4-21-42-31-20-19-30(34(39)35(31)40)25-10-6-23(7-11-25)24-8-12-27(13-9-24)36(41)43-28-16-14-26(15-17-28)29-18-5-22(2)32(37)33(29)38/h5,18-20,23-28H,3-4,6-17,21H2,1-2H3. The minimum atomic E-state index is -0.871. The lowest BCUT2D eigenvalue weighted by Gasteiger charge is -2.38. The summed E-state index contributed by atoms with van der Waals surface area (Å²) in [6.45, 7) is 3.98. The average Bonchev–Trinajstić information content (AvgIpc) is 3.03. The number of carbonyl (C=O) groups excluding carboxylic acids is 1. The van der Waals surface area contributed by atoms with Gasteiger partial charge in [0.15, 0.2) is 23.2 Å². The molecular formula is C36H46F4O3. The molecule has 0 N–H and O–H groups in total. The largest absolute Gasteiger partial charge is 0.490 e. The lowest BCUT2D eigenvalue weighted by molar-refractivity contribution is -0.157. The molecule has 0 bridgehead atoms. The molecule has 236 valence electrons. The number of hydrogen-bond donors (Lipinski definition) is 0. The minimum Gasteiger partial charge on any atom is -0.490 e. The number of halogens is 4. The van der Waals surface area contributed by atoms with E-state index in [9.17, 15) is 22.4 Å². The van der Waals surface area contributed by atoms with Crippen molar-refractivity contribution >= 4 is 5.97 Å². The Morgan fingerprint density at radius 3 is 1.84 bits per heavy atom. The van der Waals surface area contributed by atoms with Crippen LogP contribution >= 0.6 is 0 Å². The van der Waals surface area contributed by atoms with Gasteiger partial charge in [0.05, 0.1) is 12.5 Å². The highest BCUT2D eigenvalue weighted by molar-refractivity contribution is 5.72. The van der Waals surface area contributed by atoms with Crippen LogP contribution in [-0.4, -0.2) is 18.7 Å². The predicted molar refractivity (Wildman–Crippen MR) is 159 cm³/mol. The van der Waals surface area contributed by atoms with E-state index < -0.39 is 23.3 Å². The zero-order chi connectivity index (χ0) is 30.5. The molecule has 0 atom stereocenters. The molecule has 3 aliphatic rings. The highest BCUT2D eigenvalue weighted by Gasteiger charge is 2.36. The van der Waals surface area contributed by atoms with Crippen LogP contribution in [0.2, 0.25) is 0 Å². The van der Waals surface area contributed by atoms with E-state index in [0.29, 0.717) is 60.8 Å². The van der Waals surface area contributed by atoms with Crippen LogP contribution in [0, 0.1) is 47.9 Å². The monoisotopic (exact) mass is 602 g/mol. The fourth-order valence-corrected chi connectivity index (χ4v) is 7.76. The number of benzene rings is 2. The Hall–Kier alpha value is -2.57. The van der Waals surface area contributed by atoms with E-state index in [1.807, 2.05) is 6.92 Å². The summed E-state index contributed by atoms with van der Waals surface area (Å²) >= 11 is 0. The van der Waals surface area contributed by atoms with Gasteiger partial charge in [-0.15, -0.1) is 0 Å². The van der Waals surface area contributed by atoms with Gasteiger partial charge in [0.25, 0.3) is 0 Å². The molecule has 7 heteroatoms. The van der Waals surface area contributed by atoms with Gasteiger partial charge in [0, 0.05) is 0 Å². The Labute approximate surface area is 253 Å². The summed E-state index contributed by atoms with van der Waals surface area (Å²) in [5, 5.41) is 0. The lowest BCUT2D eigenvalue weighted by atomic mass is 9.68. The first kappa shape index (κ1) is 31.8. The van der Waals surface area contributed by atoms with Crippen LogP contribution in [0.4, 0.5) is 17.6 Å². The van der Waals surface area contributed by atoms with E-state index in [1.54, 1.807) is 31.2 Å². The zero-order valence-corrected chi connectivity index (χ0v) is 25.6. The fraction of sp³-hybridized carbons (Fsp3) is 0.639. The van der Waals surface area contributed by atoms with Gasteiger partial charge in [-0.05, 0) is 137 Å². The van der Waals surface area contributed by atoms with Crippen molar-refractivity contribution in [1.29, 1.82) is 0 Å². The van der Waals surface area contributed by atoms with E-state index >= 15 is 0 Å². The van der Waals surface area contributed by atoms with Crippen LogP contribution < -0.4 is 4.74 Å². The fourth-order valence-electron chi connectivity index (χ4n) is 7.76. The first-order chi connectivity index (χ1) is 20.8. The number of aryl methyl sites for hydroxylation is 1. The second kappa shape index (κ2) is 14.5. The molecule has 3 fully saturated rings. The third-order valence-electron chi connectivity index (χ3n) is 10.5. The van der Waals surface area contributed by atoms with Crippen LogP contribution in [0.5, 0.6) is 5.75 Å². The first-order valence-corrected chi connectivity index (χ1v) is 16.5. The Morgan fingerprint density at radius 2 is 1.23 bits per heavy atom. The van der Waals surface area contributed by atoms with Crippen LogP contribution in [0.3, 0.4) is 0 Å². The van der Waals surface area contributed by atoms with Crippen LogP contribution in [0.1, 0.15) is 125 Å². The summed E-state index contributed by atoms with van der Waals surface area (Å²) < 4.78 is 69.4. The molecular weight excluding hydrogens is 556 g/mol. The maximum Gasteiger partial charge on any atom is 0.309 e. The van der Waals surface area contributed by atoms with Gasteiger partial charge in [-0.3, -0.25) is 4.79 Å². The van der Waals surface area contributed by atoms with Crippen molar-refractivity contribution in [3.05, 3.63) is 64.2 Å². The Balaban J connectivity index is 1.04. The quantitative estimate of drug-likeness (QED) is 0.163. The summed E-state index contributed by atoms with van der Waals surface area (Å²) in [5.74, 6) is -2.24. The highest BCUT2D eigenvalue weighted by atomic mass is 19.2. The summed E-state index contributed by atoms with van der Waals surface area (Å²) in [6, 6.07) is 6.60. The van der Waals surface area contributed by atoms with Crippen molar-refractivity contribution in [2.45, 2.75) is 122 Å². The molecule has 0 spiro atoms. The molecule has 2 aromatic carbocycles. The van der Waals surface area contributed by atoms with Gasteiger partial charge in [-0.1, -0.05) is 31.5 Å². The van der Waals surface area contributed by atoms with Gasteiger partial charge < -0.3 is 9.47 Å². The van der Waals surface area contributed by atoms with Gasteiger partial charge in [-0.2, -0.15) is 4.39 Å². The molecule has 43 heavy (non-hydrogen) atoms. The minimum absolute atomic E-state index is 0.000625. The predicted octanol–water partition coefficient (Wildman–Crippen LogP) is 10.1. The Bertz CT molecular complexity index is 1240. The summed E-state index contributed by atoms with van der Waals surface area (Å²) in [6.07, 6.45) is 11.6. The lowest BCUT2D eigenvalue weighted by Crippen LogP contribution is -2.32. The zero-order valence-electron chi connectivity index (χ0n) is 25.6. The van der Waals surface area contributed by atoms with E-state index in [4.69, 9.17) is 9.47 Å². The Morgan fingerprint density at radius 1 is 0.698 bits per heavy atom. The smallest absolute Gasteiger partial charge is 0.309 e. The van der Waals surface area contributed by atoms with Crippen LogP contribution in [0.15, 0.2) is 24.3 Å². The van der Waals surface area contributed by atoms with Crippen LogP contribution in [-0.2, 0) is 9.53 Å². The van der Waals surface area contributed by atoms with E-state index in [-0.39, 0.29) is 35.6 Å². The van der Waals surface area contributed by atoms with Crippen molar-refractivity contribution in [3.63, 3.8) is 0 Å². The summed E-state index contributed by atoms with van der Waals surface area (Å²) in [5.41, 5.74) is 1.21. The molecule has 0 radical (unpaired) electrons. The van der Waals surface area contributed by atoms with Gasteiger partial charge in [-0.25, -0.2) is 13.2 Å². The highest BCUT2D eigenvalue weighted by Crippen LogP contribution is 2.45. The summed E-state index contributed by atoms with van der Waals surface area (Å²) in [7, 11) is 0. The third-order valence-corrected chi connectivity index (χ3v) is 10.5. The summed E-state index contributed by atoms with van der Waals surface area (Å²) in [4.78, 5) is 13.0. The maximum atomic E-state index is 14.9. The molecule has 3 nitrogen and oxygen atoms in total. The van der Waals surface area contributed by atoms with Crippen LogP contribution in [0.25, 0.3) is 0 Å². The first-order valence-electron chi connectivity index (χ1n) is 16.5. The van der Waals surface area contributed by atoms with Gasteiger partial charge in [0.2, 0.25) is 5.82 Å². The second-order valence-electron chi connectivity index (χ2n) is 13.2. The molecule has 0 aromatic heterocycles. The topological polar surface area (TPSA) is 35.5 Å². The van der Waals surface area contributed by atoms with E-state index in [2.05, 4.69) is 0 Å². The maximum absolute atomic E-state index is 14.9. The number of ether oxygens (including phenoxy) is 2. The molecule has 0 saturated heterocycles. The van der Waals surface area contributed by atoms with Crippen molar-refractivity contribution < 1.29 is 31.8 Å². The SMILES string of the molecule is CCCCOc1ccc(C2CCC(C3CCC(C(=O)OC4CCC(c5ccc(C)c(F)c5F)CC4)CC3)CC2)c(F)c1F. The number of unbranched alkanes of at least 4 members (excludes halogenated alkanes) is 1. The van der Waals surface area contributed by atoms with Gasteiger partial charge in [0.1, 0.15) is 6.10 Å². The second-order valence-corrected chi connectivity index (χ2v) is 13.2. The molecule has 5 rings (SSSR count). The molecule has 0 aliphatic heterocycles. The number of esters is 1. The van der Waals surface area contributed by atoms with Gasteiger partial charge >= 0.3 is 5.97 Å². The molecule has 2 aromatic rings. The van der Waals surface area contributed by atoms with E-state index in [1.165, 1.54) is 0 Å². The number of hydrogen-bond acceptors (Lipinski definition) is 3. The number of carbonyl (C=O) groups is 1. The molecule has 0 unspecified atom stereocenters. The van der Waals surface area contributed by atoms with Crippen molar-refractivity contribution in [2.75, 3.05) is 6.61 Å². The van der Waals surface area contributed by atoms with Crippen molar-refractivity contribution in [1.82, 2.24) is 0 Å². The molecule has 0 heterocycles. The average molecular weight is 603 g/mol.